The van der Waals surface area contributed by atoms with E-state index in [1.54, 1.807) is 12.1 Å². The van der Waals surface area contributed by atoms with Gasteiger partial charge in [0.05, 0.1) is 5.56 Å². The standard InChI is InChI=1S/C17H18BrN3O2/c1-10-12-4-2-3-5-13(12)14(17(23)21-10)9-20-16(22)11-6-7-15(18)19-8-11/h6-8H,2-5,9H2,1H3,(H,20,22)(H,21,23). The number of pyridine rings is 2. The van der Waals surface area contributed by atoms with Crippen LogP contribution in [-0.4, -0.2) is 15.9 Å². The Morgan fingerprint density at radius 2 is 2.04 bits per heavy atom. The highest BCUT2D eigenvalue weighted by Crippen LogP contribution is 2.24. The Morgan fingerprint density at radius 3 is 2.74 bits per heavy atom. The maximum atomic E-state index is 12.3. The summed E-state index contributed by atoms with van der Waals surface area (Å²) in [5.41, 5.74) is 4.38. The molecule has 0 saturated heterocycles. The number of halogens is 1. The first kappa shape index (κ1) is 15.9. The average molecular weight is 376 g/mol. The fourth-order valence-electron chi connectivity index (χ4n) is 3.08. The zero-order valence-corrected chi connectivity index (χ0v) is 14.5. The maximum Gasteiger partial charge on any atom is 0.253 e. The molecule has 1 aliphatic rings. The second-order valence-corrected chi connectivity index (χ2v) is 6.59. The molecule has 0 spiro atoms. The van der Waals surface area contributed by atoms with Gasteiger partial charge in [-0.3, -0.25) is 9.59 Å². The molecule has 2 N–H and O–H groups in total. The second kappa shape index (κ2) is 6.66. The van der Waals surface area contributed by atoms with Crippen molar-refractivity contribution in [2.75, 3.05) is 0 Å². The van der Waals surface area contributed by atoms with Gasteiger partial charge in [-0.1, -0.05) is 0 Å². The van der Waals surface area contributed by atoms with E-state index in [0.29, 0.717) is 15.7 Å². The molecule has 2 aromatic rings. The van der Waals surface area contributed by atoms with Crippen molar-refractivity contribution in [1.82, 2.24) is 15.3 Å². The number of aryl methyl sites for hydroxylation is 1. The van der Waals surface area contributed by atoms with Gasteiger partial charge in [-0.05, 0) is 71.8 Å². The molecule has 23 heavy (non-hydrogen) atoms. The lowest BCUT2D eigenvalue weighted by molar-refractivity contribution is 0.0950. The lowest BCUT2D eigenvalue weighted by Crippen LogP contribution is -2.30. The number of hydrogen-bond donors (Lipinski definition) is 2. The van der Waals surface area contributed by atoms with Gasteiger partial charge in [0.15, 0.2) is 0 Å². The van der Waals surface area contributed by atoms with E-state index in [1.165, 1.54) is 11.8 Å². The summed E-state index contributed by atoms with van der Waals surface area (Å²) in [6.45, 7) is 2.19. The maximum absolute atomic E-state index is 12.3. The highest BCUT2D eigenvalue weighted by molar-refractivity contribution is 9.10. The molecule has 3 rings (SSSR count). The summed E-state index contributed by atoms with van der Waals surface area (Å²) in [5.74, 6) is -0.227. The van der Waals surface area contributed by atoms with E-state index in [2.05, 4.69) is 31.2 Å². The van der Waals surface area contributed by atoms with Crippen LogP contribution in [-0.2, 0) is 19.4 Å². The summed E-state index contributed by atoms with van der Waals surface area (Å²) in [5, 5.41) is 2.83. The van der Waals surface area contributed by atoms with Gasteiger partial charge in [-0.2, -0.15) is 0 Å². The van der Waals surface area contributed by atoms with Crippen molar-refractivity contribution in [3.05, 3.63) is 61.2 Å². The summed E-state index contributed by atoms with van der Waals surface area (Å²) < 4.78 is 0.679. The molecule has 2 aromatic heterocycles. The number of amides is 1. The fourth-order valence-corrected chi connectivity index (χ4v) is 3.31. The first-order valence-electron chi connectivity index (χ1n) is 7.69. The van der Waals surface area contributed by atoms with E-state index in [-0.39, 0.29) is 18.0 Å². The Morgan fingerprint density at radius 1 is 1.30 bits per heavy atom. The van der Waals surface area contributed by atoms with Crippen LogP contribution in [0.2, 0.25) is 0 Å². The molecular weight excluding hydrogens is 358 g/mol. The molecule has 0 aliphatic heterocycles. The van der Waals surface area contributed by atoms with E-state index in [9.17, 15) is 9.59 Å². The first-order valence-corrected chi connectivity index (χ1v) is 8.49. The number of carbonyl (C=O) groups is 1. The molecule has 0 bridgehead atoms. The lowest BCUT2D eigenvalue weighted by atomic mass is 9.88. The quantitative estimate of drug-likeness (QED) is 0.809. The molecule has 0 fully saturated rings. The number of aromatic nitrogens is 2. The van der Waals surface area contributed by atoms with Gasteiger partial charge in [0.25, 0.3) is 11.5 Å². The van der Waals surface area contributed by atoms with E-state index in [1.807, 2.05) is 6.92 Å². The largest absolute Gasteiger partial charge is 0.348 e. The number of aromatic amines is 1. The number of nitrogens with zero attached hydrogens (tertiary/aromatic N) is 1. The summed E-state index contributed by atoms with van der Waals surface area (Å²) >= 11 is 3.24. The normalized spacial score (nSPS) is 13.5. The fraction of sp³-hybridized carbons (Fsp3) is 0.353. The topological polar surface area (TPSA) is 74.8 Å². The third-order valence-corrected chi connectivity index (χ3v) is 4.74. The molecule has 0 saturated carbocycles. The van der Waals surface area contributed by atoms with Crippen molar-refractivity contribution < 1.29 is 4.79 Å². The Balaban J connectivity index is 1.82. The molecule has 0 atom stereocenters. The highest BCUT2D eigenvalue weighted by atomic mass is 79.9. The Labute approximate surface area is 142 Å². The molecular formula is C17H18BrN3O2. The Kier molecular flexibility index (Phi) is 4.61. The summed E-state index contributed by atoms with van der Waals surface area (Å²) in [6.07, 6.45) is 5.65. The van der Waals surface area contributed by atoms with Gasteiger partial charge in [-0.25, -0.2) is 4.98 Å². The van der Waals surface area contributed by atoms with Crippen molar-refractivity contribution in [2.24, 2.45) is 0 Å². The highest BCUT2D eigenvalue weighted by Gasteiger charge is 2.19. The van der Waals surface area contributed by atoms with Gasteiger partial charge in [0.1, 0.15) is 4.60 Å². The van der Waals surface area contributed by atoms with Gasteiger partial charge < -0.3 is 10.3 Å². The molecule has 1 aliphatic carbocycles. The van der Waals surface area contributed by atoms with Crippen LogP contribution in [0.3, 0.4) is 0 Å². The van der Waals surface area contributed by atoms with Gasteiger partial charge >= 0.3 is 0 Å². The summed E-state index contributed by atoms with van der Waals surface area (Å²) in [4.78, 5) is 31.4. The zero-order chi connectivity index (χ0) is 16.4. The van der Waals surface area contributed by atoms with E-state index < -0.39 is 0 Å². The minimum Gasteiger partial charge on any atom is -0.348 e. The van der Waals surface area contributed by atoms with Crippen LogP contribution in [0, 0.1) is 6.92 Å². The van der Waals surface area contributed by atoms with E-state index in [4.69, 9.17) is 0 Å². The average Bonchev–Trinajstić information content (AvgIpc) is 2.55. The molecule has 1 amide bonds. The SMILES string of the molecule is Cc1[nH]c(=O)c(CNC(=O)c2ccc(Br)nc2)c2c1CCCC2. The van der Waals surface area contributed by atoms with Crippen molar-refractivity contribution in [1.29, 1.82) is 0 Å². The number of H-pyrrole nitrogens is 1. The number of carbonyl (C=O) groups excluding carboxylic acids is 1. The molecule has 0 aromatic carbocycles. The Hall–Kier alpha value is -1.95. The van der Waals surface area contributed by atoms with E-state index >= 15 is 0 Å². The van der Waals surface area contributed by atoms with Gasteiger partial charge in [0, 0.05) is 24.0 Å². The van der Waals surface area contributed by atoms with E-state index in [0.717, 1.165) is 36.9 Å². The van der Waals surface area contributed by atoms with Gasteiger partial charge in [-0.15, -0.1) is 0 Å². The third kappa shape index (κ3) is 3.37. The molecule has 6 heteroatoms. The summed E-state index contributed by atoms with van der Waals surface area (Å²) in [6, 6.07) is 3.41. The van der Waals surface area contributed by atoms with Crippen LogP contribution in [0.25, 0.3) is 0 Å². The predicted molar refractivity (Wildman–Crippen MR) is 91.5 cm³/mol. The monoisotopic (exact) mass is 375 g/mol. The van der Waals surface area contributed by atoms with Crippen LogP contribution >= 0.6 is 15.9 Å². The van der Waals surface area contributed by atoms with Crippen molar-refractivity contribution in [3.8, 4) is 0 Å². The third-order valence-electron chi connectivity index (χ3n) is 4.28. The van der Waals surface area contributed by atoms with Crippen molar-refractivity contribution in [3.63, 3.8) is 0 Å². The van der Waals surface area contributed by atoms with Gasteiger partial charge in [0.2, 0.25) is 0 Å². The predicted octanol–water partition coefficient (Wildman–Crippen LogP) is 2.65. The summed E-state index contributed by atoms with van der Waals surface area (Å²) in [7, 11) is 0. The number of fused-ring (bicyclic) bond motifs is 1. The van der Waals surface area contributed by atoms with Crippen LogP contribution in [0.15, 0.2) is 27.7 Å². The minimum atomic E-state index is -0.227. The van der Waals surface area contributed by atoms with Crippen LogP contribution in [0.1, 0.15) is 45.6 Å². The molecule has 2 heterocycles. The number of hydrogen-bond acceptors (Lipinski definition) is 3. The molecule has 0 unspecified atom stereocenters. The molecule has 5 nitrogen and oxygen atoms in total. The minimum absolute atomic E-state index is 0.0996. The zero-order valence-electron chi connectivity index (χ0n) is 12.9. The first-order chi connectivity index (χ1) is 11.1. The lowest BCUT2D eigenvalue weighted by Gasteiger charge is -2.21. The van der Waals surface area contributed by atoms with Crippen molar-refractivity contribution in [2.45, 2.75) is 39.2 Å². The second-order valence-electron chi connectivity index (χ2n) is 5.77. The molecule has 120 valence electrons. The Bertz CT molecular complexity index is 797. The van der Waals surface area contributed by atoms with Crippen LogP contribution in [0.4, 0.5) is 0 Å². The molecule has 0 radical (unpaired) electrons. The number of rotatable bonds is 3. The van der Waals surface area contributed by atoms with Crippen LogP contribution < -0.4 is 10.9 Å². The van der Waals surface area contributed by atoms with Crippen molar-refractivity contribution >= 4 is 21.8 Å². The number of nitrogens with one attached hydrogen (secondary N) is 2. The smallest absolute Gasteiger partial charge is 0.253 e. The van der Waals surface area contributed by atoms with Crippen LogP contribution in [0.5, 0.6) is 0 Å².